The lowest BCUT2D eigenvalue weighted by atomic mass is 10.1. The van der Waals surface area contributed by atoms with Crippen molar-refractivity contribution in [1.82, 2.24) is 13.3 Å². The molecule has 0 saturated heterocycles. The van der Waals surface area contributed by atoms with Crippen LogP contribution in [-0.2, 0) is 7.05 Å². The maximum atomic E-state index is 4.69. The van der Waals surface area contributed by atoms with E-state index in [1.807, 2.05) is 11.3 Å². The average molecular weight is 508 g/mol. The zero-order chi connectivity index (χ0) is 23.7. The summed E-state index contributed by atoms with van der Waals surface area (Å²) in [5.74, 6) is 0. The van der Waals surface area contributed by atoms with Crippen molar-refractivity contribution in [3.8, 4) is 31.3 Å². The van der Waals surface area contributed by atoms with Gasteiger partial charge in [-0.1, -0.05) is 36.4 Å². The summed E-state index contributed by atoms with van der Waals surface area (Å²) in [5, 5.41) is 2.61. The number of aromatic nitrogens is 3. The Kier molecular flexibility index (Phi) is 4.71. The summed E-state index contributed by atoms with van der Waals surface area (Å²) in [6.45, 7) is 4.29. The van der Waals surface area contributed by atoms with Crippen molar-refractivity contribution in [3.05, 3.63) is 83.2 Å². The number of nitrogens with zero attached hydrogens (tertiary/aromatic N) is 3. The van der Waals surface area contributed by atoms with Gasteiger partial charge >= 0.3 is 0 Å². The standard InChI is InChI=1S/C29H21N3S3/c1-16-4-7-19-20-8-6-18(15-24(20)32(3)23(19)14-16)25-12-13-27(34-25)22-10-9-21(26-11-5-17(2)33-26)28-29(22)31-35-30-28/h4-15H,1-3H3. The molecule has 7 aromatic rings. The molecule has 0 aliphatic rings. The average Bonchev–Trinajstić information content (AvgIpc) is 3.66. The predicted molar refractivity (Wildman–Crippen MR) is 153 cm³/mol. The van der Waals surface area contributed by atoms with E-state index >= 15 is 0 Å². The predicted octanol–water partition coefficient (Wildman–Crippen LogP) is 9.08. The van der Waals surface area contributed by atoms with Crippen LogP contribution < -0.4 is 0 Å². The Hall–Kier alpha value is -3.32. The van der Waals surface area contributed by atoms with Crippen LogP contribution >= 0.6 is 34.4 Å². The monoisotopic (exact) mass is 507 g/mol. The van der Waals surface area contributed by atoms with Crippen LogP contribution in [0, 0.1) is 13.8 Å². The Morgan fingerprint density at radius 3 is 1.97 bits per heavy atom. The van der Waals surface area contributed by atoms with Gasteiger partial charge in [-0.05, 0) is 61.4 Å². The highest BCUT2D eigenvalue weighted by Crippen LogP contribution is 2.42. The Morgan fingerprint density at radius 1 is 0.629 bits per heavy atom. The molecule has 0 unspecified atom stereocenters. The number of hydrogen-bond donors (Lipinski definition) is 0. The van der Waals surface area contributed by atoms with E-state index in [9.17, 15) is 0 Å². The summed E-state index contributed by atoms with van der Waals surface area (Å²) >= 11 is 4.91. The van der Waals surface area contributed by atoms with Gasteiger partial charge in [0.05, 0.1) is 11.7 Å². The number of hydrogen-bond acceptors (Lipinski definition) is 5. The van der Waals surface area contributed by atoms with Gasteiger partial charge in [0, 0.05) is 59.5 Å². The van der Waals surface area contributed by atoms with Crippen molar-refractivity contribution in [2.45, 2.75) is 13.8 Å². The molecule has 4 heterocycles. The molecule has 7 rings (SSSR count). The Labute approximate surface area is 215 Å². The summed E-state index contributed by atoms with van der Waals surface area (Å²) < 4.78 is 11.7. The SMILES string of the molecule is Cc1ccc2c3ccc(-c4ccc(-c5ccc(-c6ccc(C)s6)c6nsnc56)s4)cc3n(C)c2c1. The molecule has 0 radical (unpaired) electrons. The summed E-state index contributed by atoms with van der Waals surface area (Å²) in [7, 11) is 2.16. The first-order chi connectivity index (χ1) is 17.1. The molecule has 0 bridgehead atoms. The maximum absolute atomic E-state index is 4.69. The highest BCUT2D eigenvalue weighted by atomic mass is 32.1. The molecule has 0 aliphatic carbocycles. The van der Waals surface area contributed by atoms with E-state index in [0.717, 1.165) is 16.6 Å². The zero-order valence-electron chi connectivity index (χ0n) is 19.5. The van der Waals surface area contributed by atoms with E-state index in [2.05, 4.69) is 103 Å². The van der Waals surface area contributed by atoms with Crippen molar-refractivity contribution in [2.24, 2.45) is 7.05 Å². The fourth-order valence-corrected chi connectivity index (χ4v) is 7.44. The largest absolute Gasteiger partial charge is 0.344 e. The van der Waals surface area contributed by atoms with Crippen LogP contribution in [0.5, 0.6) is 0 Å². The third-order valence-corrected chi connectivity index (χ3v) is 9.47. The van der Waals surface area contributed by atoms with Gasteiger partial charge in [-0.3, -0.25) is 0 Å². The number of fused-ring (bicyclic) bond motifs is 4. The van der Waals surface area contributed by atoms with Crippen molar-refractivity contribution in [3.63, 3.8) is 0 Å². The third kappa shape index (κ3) is 3.28. The molecule has 0 saturated carbocycles. The highest BCUT2D eigenvalue weighted by Gasteiger charge is 2.16. The second-order valence-corrected chi connectivity index (χ2v) is 11.9. The molecule has 0 aliphatic heterocycles. The molecular weight excluding hydrogens is 487 g/mol. The Balaban J connectivity index is 1.32. The third-order valence-electron chi connectivity index (χ3n) is 6.74. The number of thiophene rings is 2. The number of aryl methyl sites for hydroxylation is 3. The molecule has 4 aromatic heterocycles. The molecule has 0 fully saturated rings. The smallest absolute Gasteiger partial charge is 0.114 e. The minimum Gasteiger partial charge on any atom is -0.344 e. The number of rotatable bonds is 3. The fourth-order valence-electron chi connectivity index (χ4n) is 4.95. The van der Waals surface area contributed by atoms with Crippen LogP contribution in [0.2, 0.25) is 0 Å². The molecule has 0 N–H and O–H groups in total. The summed E-state index contributed by atoms with van der Waals surface area (Å²) in [6, 6.07) is 26.8. The van der Waals surface area contributed by atoms with Gasteiger partial charge in [-0.2, -0.15) is 8.75 Å². The first kappa shape index (κ1) is 21.0. The molecule has 0 spiro atoms. The van der Waals surface area contributed by atoms with Crippen molar-refractivity contribution in [1.29, 1.82) is 0 Å². The Morgan fingerprint density at radius 2 is 1.26 bits per heavy atom. The van der Waals surface area contributed by atoms with E-state index in [0.29, 0.717) is 0 Å². The van der Waals surface area contributed by atoms with Crippen LogP contribution in [0.25, 0.3) is 64.2 Å². The second-order valence-electron chi connectivity index (χ2n) is 9.01. The van der Waals surface area contributed by atoms with E-state index in [-0.39, 0.29) is 0 Å². The lowest BCUT2D eigenvalue weighted by molar-refractivity contribution is 1.01. The van der Waals surface area contributed by atoms with E-state index in [1.54, 1.807) is 11.3 Å². The van der Waals surface area contributed by atoms with E-state index in [4.69, 9.17) is 4.37 Å². The molecule has 3 nitrogen and oxygen atoms in total. The quantitative estimate of drug-likeness (QED) is 0.239. The minimum absolute atomic E-state index is 0.992. The molecule has 170 valence electrons. The van der Waals surface area contributed by atoms with Gasteiger partial charge in [0.2, 0.25) is 0 Å². The van der Waals surface area contributed by atoms with Crippen LogP contribution in [0.4, 0.5) is 0 Å². The van der Waals surface area contributed by atoms with Gasteiger partial charge in [-0.15, -0.1) is 22.7 Å². The van der Waals surface area contributed by atoms with Crippen molar-refractivity contribution >= 4 is 67.2 Å². The lowest BCUT2D eigenvalue weighted by Gasteiger charge is -2.04. The van der Waals surface area contributed by atoms with E-state index < -0.39 is 0 Å². The summed E-state index contributed by atoms with van der Waals surface area (Å²) in [5.41, 5.74) is 9.39. The minimum atomic E-state index is 0.992. The van der Waals surface area contributed by atoms with Crippen LogP contribution in [0.3, 0.4) is 0 Å². The normalized spacial score (nSPS) is 11.9. The molecule has 0 atom stereocenters. The molecule has 35 heavy (non-hydrogen) atoms. The fraction of sp³-hybridized carbons (Fsp3) is 0.103. The van der Waals surface area contributed by atoms with Crippen molar-refractivity contribution < 1.29 is 0 Å². The first-order valence-electron chi connectivity index (χ1n) is 11.5. The molecule has 3 aromatic carbocycles. The van der Waals surface area contributed by atoms with Gasteiger partial charge in [-0.25, -0.2) is 0 Å². The summed E-state index contributed by atoms with van der Waals surface area (Å²) in [6.07, 6.45) is 0. The summed E-state index contributed by atoms with van der Waals surface area (Å²) in [4.78, 5) is 5.04. The lowest BCUT2D eigenvalue weighted by Crippen LogP contribution is -1.87. The maximum Gasteiger partial charge on any atom is 0.114 e. The van der Waals surface area contributed by atoms with Gasteiger partial charge in [0.15, 0.2) is 0 Å². The van der Waals surface area contributed by atoms with Crippen molar-refractivity contribution in [2.75, 3.05) is 0 Å². The molecule has 6 heteroatoms. The number of benzene rings is 3. The molecule has 0 amide bonds. The van der Waals surface area contributed by atoms with Gasteiger partial charge < -0.3 is 4.57 Å². The van der Waals surface area contributed by atoms with Crippen LogP contribution in [-0.4, -0.2) is 13.3 Å². The highest BCUT2D eigenvalue weighted by molar-refractivity contribution is 7.19. The van der Waals surface area contributed by atoms with Gasteiger partial charge in [0.25, 0.3) is 0 Å². The van der Waals surface area contributed by atoms with Crippen LogP contribution in [0.1, 0.15) is 10.4 Å². The zero-order valence-corrected chi connectivity index (χ0v) is 21.9. The topological polar surface area (TPSA) is 30.7 Å². The van der Waals surface area contributed by atoms with E-state index in [1.165, 1.54) is 69.7 Å². The van der Waals surface area contributed by atoms with Gasteiger partial charge in [0.1, 0.15) is 11.0 Å². The van der Waals surface area contributed by atoms with Crippen LogP contribution in [0.15, 0.2) is 72.8 Å². The Bertz CT molecular complexity index is 1900. The first-order valence-corrected chi connectivity index (χ1v) is 13.8. The second kappa shape index (κ2) is 7.85. The molecular formula is C29H21N3S3.